The fourth-order valence-corrected chi connectivity index (χ4v) is 1.61. The summed E-state index contributed by atoms with van der Waals surface area (Å²) in [7, 11) is 2.12. The maximum Gasteiger partial charge on any atom is 0.0677 e. The Labute approximate surface area is 54.8 Å². The normalized spacial score (nSPS) is 20.6. The van der Waals surface area contributed by atoms with Gasteiger partial charge in [0.1, 0.15) is 0 Å². The summed E-state index contributed by atoms with van der Waals surface area (Å²) < 4.78 is 0. The van der Waals surface area contributed by atoms with E-state index in [1.807, 2.05) is 11.8 Å². The van der Waals surface area contributed by atoms with Gasteiger partial charge in [-0.2, -0.15) is 0 Å². The van der Waals surface area contributed by atoms with Crippen molar-refractivity contribution >= 4 is 11.8 Å². The summed E-state index contributed by atoms with van der Waals surface area (Å²) in [6.07, 6.45) is 0. The van der Waals surface area contributed by atoms with Crippen LogP contribution >= 0.6 is 11.8 Å². The summed E-state index contributed by atoms with van der Waals surface area (Å²) in [4.78, 5) is 3.73. The van der Waals surface area contributed by atoms with Crippen LogP contribution in [0.1, 0.15) is 13.8 Å². The molecule has 0 aromatic rings. The summed E-state index contributed by atoms with van der Waals surface area (Å²) in [6.45, 7) is 4.33. The first-order chi connectivity index (χ1) is 3.72. The van der Waals surface area contributed by atoms with Gasteiger partial charge in [-0.1, -0.05) is 0 Å². The lowest BCUT2D eigenvalue weighted by molar-refractivity contribution is 0.502. The monoisotopic (exact) mass is 129 g/mol. The second-order valence-corrected chi connectivity index (χ2v) is 3.27. The topological polar surface area (TPSA) is 3.24 Å². The number of hydrogen-bond donors (Lipinski definition) is 0. The van der Waals surface area contributed by atoms with E-state index in [2.05, 4.69) is 25.8 Å². The molecule has 1 aliphatic rings. The predicted molar refractivity (Wildman–Crippen MR) is 38.6 cm³/mol. The molecular weight excluding hydrogens is 118 g/mol. The fraction of sp³-hybridized carbons (Fsp3) is 0.667. The van der Waals surface area contributed by atoms with Crippen molar-refractivity contribution in [1.29, 1.82) is 0 Å². The minimum Gasteiger partial charge on any atom is -0.368 e. The Morgan fingerprint density at radius 2 is 2.12 bits per heavy atom. The Kier molecular flexibility index (Phi) is 1.52. The van der Waals surface area contributed by atoms with E-state index in [0.717, 1.165) is 5.88 Å². The fourth-order valence-electron chi connectivity index (χ4n) is 0.664. The van der Waals surface area contributed by atoms with Crippen molar-refractivity contribution < 1.29 is 0 Å². The van der Waals surface area contributed by atoms with Gasteiger partial charge in [0, 0.05) is 17.6 Å². The molecule has 2 heteroatoms. The van der Waals surface area contributed by atoms with Gasteiger partial charge in [0.05, 0.1) is 5.88 Å². The average molecular weight is 129 g/mol. The molecule has 1 heterocycles. The molecule has 0 amide bonds. The second kappa shape index (κ2) is 2.02. The minimum atomic E-state index is 1.14. The van der Waals surface area contributed by atoms with Gasteiger partial charge >= 0.3 is 0 Å². The van der Waals surface area contributed by atoms with Crippen molar-refractivity contribution in [3.05, 3.63) is 10.6 Å². The lowest BCUT2D eigenvalue weighted by Gasteiger charge is -2.09. The van der Waals surface area contributed by atoms with Crippen LogP contribution in [-0.4, -0.2) is 17.8 Å². The predicted octanol–water partition coefficient (Wildman–Crippen LogP) is 1.87. The molecule has 0 aliphatic carbocycles. The largest absolute Gasteiger partial charge is 0.368 e. The van der Waals surface area contributed by atoms with Crippen molar-refractivity contribution in [1.82, 2.24) is 4.90 Å². The third kappa shape index (κ3) is 0.848. The van der Waals surface area contributed by atoms with E-state index in [4.69, 9.17) is 0 Å². The molecule has 0 unspecified atom stereocenters. The van der Waals surface area contributed by atoms with Gasteiger partial charge in [0.2, 0.25) is 0 Å². The Bertz CT molecular complexity index is 128. The van der Waals surface area contributed by atoms with E-state index in [0.29, 0.717) is 0 Å². The highest BCUT2D eigenvalue weighted by Gasteiger charge is 2.10. The van der Waals surface area contributed by atoms with Gasteiger partial charge in [0.15, 0.2) is 0 Å². The highest BCUT2D eigenvalue weighted by Crippen LogP contribution is 2.28. The van der Waals surface area contributed by atoms with Crippen LogP contribution in [0.25, 0.3) is 0 Å². The van der Waals surface area contributed by atoms with Crippen molar-refractivity contribution in [2.45, 2.75) is 13.8 Å². The molecule has 0 atom stereocenters. The van der Waals surface area contributed by atoms with E-state index in [1.54, 1.807) is 0 Å². The van der Waals surface area contributed by atoms with Crippen LogP contribution in [0.2, 0.25) is 0 Å². The third-order valence-electron chi connectivity index (χ3n) is 1.56. The third-order valence-corrected chi connectivity index (χ3v) is 2.80. The maximum absolute atomic E-state index is 2.26. The second-order valence-electron chi connectivity index (χ2n) is 2.11. The number of hydrogen-bond acceptors (Lipinski definition) is 2. The molecule has 1 nitrogen and oxygen atoms in total. The van der Waals surface area contributed by atoms with Crippen molar-refractivity contribution in [2.24, 2.45) is 0 Å². The number of rotatable bonds is 0. The molecular formula is C6H11NS. The van der Waals surface area contributed by atoms with Crippen LogP contribution < -0.4 is 0 Å². The summed E-state index contributed by atoms with van der Waals surface area (Å²) in [5, 5.41) is 0. The lowest BCUT2D eigenvalue weighted by atomic mass is 10.4. The highest BCUT2D eigenvalue weighted by molar-refractivity contribution is 8.03. The number of nitrogens with zero attached hydrogens (tertiary/aromatic N) is 1. The van der Waals surface area contributed by atoms with Crippen molar-refractivity contribution in [2.75, 3.05) is 12.9 Å². The van der Waals surface area contributed by atoms with Gasteiger partial charge in [0.25, 0.3) is 0 Å². The van der Waals surface area contributed by atoms with E-state index >= 15 is 0 Å². The SMILES string of the molecule is CC1=C(C)N(C)CS1. The van der Waals surface area contributed by atoms with Gasteiger partial charge in [-0.3, -0.25) is 0 Å². The van der Waals surface area contributed by atoms with Crippen LogP contribution in [0, 0.1) is 0 Å². The van der Waals surface area contributed by atoms with Crippen molar-refractivity contribution in [3.8, 4) is 0 Å². The molecule has 0 aromatic heterocycles. The zero-order valence-electron chi connectivity index (χ0n) is 5.56. The molecule has 0 spiro atoms. The molecule has 8 heavy (non-hydrogen) atoms. The van der Waals surface area contributed by atoms with E-state index in [1.165, 1.54) is 10.6 Å². The Morgan fingerprint density at radius 3 is 2.25 bits per heavy atom. The molecule has 0 N–H and O–H groups in total. The molecule has 0 saturated carbocycles. The smallest absolute Gasteiger partial charge is 0.0677 e. The van der Waals surface area contributed by atoms with Crippen LogP contribution in [-0.2, 0) is 0 Å². The molecule has 1 rings (SSSR count). The molecule has 0 bridgehead atoms. The van der Waals surface area contributed by atoms with Crippen LogP contribution in [0.5, 0.6) is 0 Å². The van der Waals surface area contributed by atoms with E-state index < -0.39 is 0 Å². The molecule has 1 aliphatic heterocycles. The van der Waals surface area contributed by atoms with Gasteiger partial charge in [-0.05, 0) is 13.8 Å². The molecule has 46 valence electrons. The highest BCUT2D eigenvalue weighted by atomic mass is 32.2. The van der Waals surface area contributed by atoms with Crippen LogP contribution in [0.3, 0.4) is 0 Å². The summed E-state index contributed by atoms with van der Waals surface area (Å²) in [5.41, 5.74) is 1.43. The lowest BCUT2D eigenvalue weighted by Crippen LogP contribution is -2.09. The van der Waals surface area contributed by atoms with Gasteiger partial charge in [-0.15, -0.1) is 11.8 Å². The Balaban J connectivity index is 2.71. The Hall–Kier alpha value is -0.110. The molecule has 0 saturated heterocycles. The first kappa shape index (κ1) is 6.02. The first-order valence-electron chi connectivity index (χ1n) is 2.73. The number of thioether (sulfide) groups is 1. The van der Waals surface area contributed by atoms with E-state index in [9.17, 15) is 0 Å². The summed E-state index contributed by atoms with van der Waals surface area (Å²) in [6, 6.07) is 0. The van der Waals surface area contributed by atoms with Crippen LogP contribution in [0.15, 0.2) is 10.6 Å². The van der Waals surface area contributed by atoms with E-state index in [-0.39, 0.29) is 0 Å². The van der Waals surface area contributed by atoms with Gasteiger partial charge < -0.3 is 4.90 Å². The maximum atomic E-state index is 2.26. The summed E-state index contributed by atoms with van der Waals surface area (Å²) in [5.74, 6) is 1.14. The minimum absolute atomic E-state index is 1.14. The van der Waals surface area contributed by atoms with Gasteiger partial charge in [-0.25, -0.2) is 0 Å². The average Bonchev–Trinajstić information content (AvgIpc) is 1.98. The van der Waals surface area contributed by atoms with Crippen molar-refractivity contribution in [3.63, 3.8) is 0 Å². The van der Waals surface area contributed by atoms with Crippen LogP contribution in [0.4, 0.5) is 0 Å². The zero-order chi connectivity index (χ0) is 6.15. The summed E-state index contributed by atoms with van der Waals surface area (Å²) >= 11 is 1.92. The Morgan fingerprint density at radius 1 is 1.50 bits per heavy atom. The number of allylic oxidation sites excluding steroid dienone is 2. The quantitative estimate of drug-likeness (QED) is 0.491. The first-order valence-corrected chi connectivity index (χ1v) is 3.72. The molecule has 0 fully saturated rings. The standard InChI is InChI=1S/C6H11NS/c1-5-6(2)8-4-7(5)3/h4H2,1-3H3. The molecule has 0 radical (unpaired) electrons. The molecule has 0 aromatic carbocycles. The zero-order valence-corrected chi connectivity index (χ0v) is 6.38.